The van der Waals surface area contributed by atoms with Crippen molar-refractivity contribution < 1.29 is 19.7 Å². The number of benzene rings is 3. The molecular formula is C35H48O4. The summed E-state index contributed by atoms with van der Waals surface area (Å²) in [6.07, 6.45) is 13.4. The fraction of sp³-hybridized carbons (Fsp3) is 0.486. The average Bonchev–Trinajstić information content (AvgIpc) is 2.97. The van der Waals surface area contributed by atoms with Gasteiger partial charge in [-0.3, -0.25) is 0 Å². The maximum Gasteiger partial charge on any atom is 0.122 e. The smallest absolute Gasteiger partial charge is 0.122 e. The monoisotopic (exact) mass is 532 g/mol. The van der Waals surface area contributed by atoms with E-state index >= 15 is 0 Å². The van der Waals surface area contributed by atoms with E-state index in [1.807, 2.05) is 0 Å². The summed E-state index contributed by atoms with van der Waals surface area (Å²) in [5.41, 5.74) is 5.95. The average molecular weight is 533 g/mol. The van der Waals surface area contributed by atoms with Crippen molar-refractivity contribution in [3.8, 4) is 33.8 Å². The van der Waals surface area contributed by atoms with Gasteiger partial charge in [-0.25, -0.2) is 0 Å². The van der Waals surface area contributed by atoms with Gasteiger partial charge >= 0.3 is 0 Å². The molecule has 0 atom stereocenters. The van der Waals surface area contributed by atoms with Crippen LogP contribution in [0.25, 0.3) is 22.3 Å². The zero-order valence-corrected chi connectivity index (χ0v) is 23.9. The predicted molar refractivity (Wildman–Crippen MR) is 163 cm³/mol. The Bertz CT molecular complexity index is 1040. The molecule has 0 spiro atoms. The zero-order chi connectivity index (χ0) is 27.5. The van der Waals surface area contributed by atoms with Crippen molar-refractivity contribution in [3.63, 3.8) is 0 Å². The Kier molecular flexibility index (Phi) is 14.5. The van der Waals surface area contributed by atoms with Gasteiger partial charge in [-0.15, -0.1) is 0 Å². The second-order valence-electron chi connectivity index (χ2n) is 10.5. The summed E-state index contributed by atoms with van der Waals surface area (Å²) < 4.78 is 12.0. The van der Waals surface area contributed by atoms with E-state index in [0.717, 1.165) is 68.8 Å². The van der Waals surface area contributed by atoms with Crippen molar-refractivity contribution in [3.05, 3.63) is 72.3 Å². The quantitative estimate of drug-likeness (QED) is 0.143. The molecule has 0 amide bonds. The third kappa shape index (κ3) is 11.4. The van der Waals surface area contributed by atoms with Crippen LogP contribution in [0.1, 0.15) is 82.6 Å². The van der Waals surface area contributed by atoms with E-state index in [0.29, 0.717) is 13.2 Å². The van der Waals surface area contributed by atoms with E-state index in [-0.39, 0.29) is 0 Å². The van der Waals surface area contributed by atoms with E-state index < -0.39 is 0 Å². The molecule has 0 fully saturated rings. The molecule has 0 heterocycles. The lowest BCUT2D eigenvalue weighted by Gasteiger charge is -2.12. The molecule has 4 nitrogen and oxygen atoms in total. The van der Waals surface area contributed by atoms with Crippen LogP contribution in [0.5, 0.6) is 11.5 Å². The lowest BCUT2D eigenvalue weighted by atomic mass is 9.99. The number of aliphatic hydroxyl groups excluding tert-OH is 2. The normalized spacial score (nSPS) is 11.1. The maximum atomic E-state index is 8.84. The third-order valence-electron chi connectivity index (χ3n) is 7.21. The topological polar surface area (TPSA) is 58.9 Å². The van der Waals surface area contributed by atoms with Gasteiger partial charge in [0.05, 0.1) is 13.2 Å². The van der Waals surface area contributed by atoms with Crippen LogP contribution in [0.2, 0.25) is 0 Å². The van der Waals surface area contributed by atoms with Crippen LogP contribution in [-0.4, -0.2) is 36.6 Å². The Morgan fingerprint density at radius 2 is 0.872 bits per heavy atom. The van der Waals surface area contributed by atoms with E-state index in [9.17, 15) is 0 Å². The number of ether oxygens (including phenoxy) is 2. The first-order valence-electron chi connectivity index (χ1n) is 15.0. The van der Waals surface area contributed by atoms with Crippen molar-refractivity contribution in [2.75, 3.05) is 26.4 Å². The van der Waals surface area contributed by atoms with Gasteiger partial charge in [-0.05, 0) is 84.7 Å². The Morgan fingerprint density at radius 3 is 1.38 bits per heavy atom. The largest absolute Gasteiger partial charge is 0.494 e. The molecule has 0 unspecified atom stereocenters. The van der Waals surface area contributed by atoms with Gasteiger partial charge in [0, 0.05) is 13.2 Å². The third-order valence-corrected chi connectivity index (χ3v) is 7.21. The van der Waals surface area contributed by atoms with Gasteiger partial charge < -0.3 is 19.7 Å². The highest BCUT2D eigenvalue weighted by Crippen LogP contribution is 2.29. The summed E-state index contributed by atoms with van der Waals surface area (Å²) >= 11 is 0. The molecule has 4 heteroatoms. The predicted octanol–water partition coefficient (Wildman–Crippen LogP) is 8.75. The van der Waals surface area contributed by atoms with Crippen molar-refractivity contribution in [2.24, 2.45) is 0 Å². The molecule has 3 aromatic rings. The fourth-order valence-corrected chi connectivity index (χ4v) is 4.80. The number of rotatable bonds is 20. The molecule has 0 aliphatic heterocycles. The number of aliphatic hydroxyl groups is 2. The van der Waals surface area contributed by atoms with Crippen LogP contribution >= 0.6 is 0 Å². The highest BCUT2D eigenvalue weighted by Gasteiger charge is 2.05. The number of hydrogen-bond donors (Lipinski definition) is 2. The molecule has 0 saturated carbocycles. The van der Waals surface area contributed by atoms with Crippen LogP contribution in [0.4, 0.5) is 0 Å². The van der Waals surface area contributed by atoms with Crippen molar-refractivity contribution in [2.45, 2.75) is 84.0 Å². The summed E-state index contributed by atoms with van der Waals surface area (Å²) in [4.78, 5) is 0. The number of hydrogen-bond acceptors (Lipinski definition) is 4. The maximum absolute atomic E-state index is 8.84. The molecule has 212 valence electrons. The summed E-state index contributed by atoms with van der Waals surface area (Å²) in [7, 11) is 0. The SMILES string of the molecule is Cc1cc(-c2ccc(-c3ccc(OCCCCCCCCO)cc3)cc2)ccc1OCCCCCCCCO. The second kappa shape index (κ2) is 18.5. The van der Waals surface area contributed by atoms with Crippen molar-refractivity contribution >= 4 is 0 Å². The molecule has 39 heavy (non-hydrogen) atoms. The number of aryl methyl sites for hydroxylation is 1. The minimum atomic E-state index is 0.307. The minimum Gasteiger partial charge on any atom is -0.494 e. The molecule has 0 saturated heterocycles. The molecule has 0 bridgehead atoms. The molecule has 0 aliphatic carbocycles. The highest BCUT2D eigenvalue weighted by molar-refractivity contribution is 5.71. The van der Waals surface area contributed by atoms with Gasteiger partial charge in [0.2, 0.25) is 0 Å². The fourth-order valence-electron chi connectivity index (χ4n) is 4.80. The van der Waals surface area contributed by atoms with E-state index in [2.05, 4.69) is 73.7 Å². The first kappa shape index (κ1) is 30.7. The van der Waals surface area contributed by atoms with Crippen LogP contribution in [0.3, 0.4) is 0 Å². The van der Waals surface area contributed by atoms with Gasteiger partial charge in [-0.2, -0.15) is 0 Å². The molecule has 0 aromatic heterocycles. The molecule has 2 N–H and O–H groups in total. The second-order valence-corrected chi connectivity index (χ2v) is 10.5. The Hall–Kier alpha value is -2.82. The lowest BCUT2D eigenvalue weighted by molar-refractivity contribution is 0.280. The van der Waals surface area contributed by atoms with E-state index in [1.54, 1.807) is 0 Å². The van der Waals surface area contributed by atoms with E-state index in [4.69, 9.17) is 19.7 Å². The van der Waals surface area contributed by atoms with Crippen LogP contribution < -0.4 is 9.47 Å². The van der Waals surface area contributed by atoms with Crippen molar-refractivity contribution in [1.82, 2.24) is 0 Å². The Morgan fingerprint density at radius 1 is 0.462 bits per heavy atom. The van der Waals surface area contributed by atoms with Gasteiger partial charge in [-0.1, -0.05) is 93.8 Å². The first-order chi connectivity index (χ1) is 19.2. The van der Waals surface area contributed by atoms with Crippen LogP contribution in [-0.2, 0) is 0 Å². The number of unbranched alkanes of at least 4 members (excludes halogenated alkanes) is 10. The Labute approximate surface area is 236 Å². The van der Waals surface area contributed by atoms with Crippen LogP contribution in [0, 0.1) is 6.92 Å². The standard InChI is InChI=1S/C35H48O4/c1-29-28-33(20-23-35(29)39-27-13-9-5-3-7-11-25-37)32-16-14-30(15-17-32)31-18-21-34(22-19-31)38-26-12-8-4-2-6-10-24-36/h14-23,28,36-37H,2-13,24-27H2,1H3. The Balaban J connectivity index is 1.42. The van der Waals surface area contributed by atoms with Gasteiger partial charge in [0.15, 0.2) is 0 Å². The first-order valence-corrected chi connectivity index (χ1v) is 15.0. The molecule has 3 aromatic carbocycles. The van der Waals surface area contributed by atoms with Crippen molar-refractivity contribution in [1.29, 1.82) is 0 Å². The lowest BCUT2D eigenvalue weighted by Crippen LogP contribution is -1.99. The zero-order valence-electron chi connectivity index (χ0n) is 23.9. The summed E-state index contributed by atoms with van der Waals surface area (Å²) in [6, 6.07) is 23.6. The summed E-state index contributed by atoms with van der Waals surface area (Å²) in [5.74, 6) is 1.89. The minimum absolute atomic E-state index is 0.307. The summed E-state index contributed by atoms with van der Waals surface area (Å²) in [6.45, 7) is 4.24. The van der Waals surface area contributed by atoms with Crippen LogP contribution in [0.15, 0.2) is 66.7 Å². The van der Waals surface area contributed by atoms with Gasteiger partial charge in [0.25, 0.3) is 0 Å². The molecule has 0 aliphatic rings. The molecule has 0 radical (unpaired) electrons. The molecule has 3 rings (SSSR count). The van der Waals surface area contributed by atoms with Gasteiger partial charge in [0.1, 0.15) is 11.5 Å². The highest BCUT2D eigenvalue weighted by atomic mass is 16.5. The molecular weight excluding hydrogens is 484 g/mol. The summed E-state index contributed by atoms with van der Waals surface area (Å²) in [5, 5.41) is 17.7. The van der Waals surface area contributed by atoms with E-state index in [1.165, 1.54) is 60.8 Å².